The van der Waals surface area contributed by atoms with Crippen molar-refractivity contribution in [1.29, 1.82) is 0 Å². The van der Waals surface area contributed by atoms with Crippen molar-refractivity contribution in [3.05, 3.63) is 35.9 Å². The molecule has 0 bridgehead atoms. The molecule has 2 atom stereocenters. The van der Waals surface area contributed by atoms with Gasteiger partial charge in [-0.3, -0.25) is 4.79 Å². The van der Waals surface area contributed by atoms with Crippen molar-refractivity contribution in [2.24, 2.45) is 11.7 Å². The van der Waals surface area contributed by atoms with E-state index in [4.69, 9.17) is 5.73 Å². The molecule has 1 aromatic carbocycles. The molecule has 0 aliphatic heterocycles. The van der Waals surface area contributed by atoms with Gasteiger partial charge in [0.05, 0.1) is 0 Å². The van der Waals surface area contributed by atoms with Gasteiger partial charge in [0.25, 0.3) is 0 Å². The molecule has 5 heteroatoms. The summed E-state index contributed by atoms with van der Waals surface area (Å²) in [5.41, 5.74) is 5.82. The first-order valence-corrected chi connectivity index (χ1v) is 7.62. The molecular weight excluding hydrogens is 321 g/mol. The van der Waals surface area contributed by atoms with Gasteiger partial charge in [-0.1, -0.05) is 69.9 Å². The van der Waals surface area contributed by atoms with Crippen molar-refractivity contribution in [3.63, 3.8) is 0 Å². The van der Waals surface area contributed by atoms with Gasteiger partial charge in [0.15, 0.2) is 0 Å². The largest absolute Gasteiger partial charge is 0.481 e. The summed E-state index contributed by atoms with van der Waals surface area (Å²) in [5, 5.41) is 9.86. The van der Waals surface area contributed by atoms with Gasteiger partial charge in [-0.05, 0) is 17.9 Å². The molecule has 2 unspecified atom stereocenters. The zero-order valence-corrected chi connectivity index (χ0v) is 15.1. The van der Waals surface area contributed by atoms with Crippen LogP contribution in [-0.4, -0.2) is 17.6 Å². The summed E-state index contributed by atoms with van der Waals surface area (Å²) in [6.07, 6.45) is 5.11. The van der Waals surface area contributed by atoms with E-state index in [2.05, 4.69) is 13.8 Å². The highest BCUT2D eigenvalue weighted by atomic mass is 35.5. The zero-order valence-electron chi connectivity index (χ0n) is 13.5. The quantitative estimate of drug-likeness (QED) is 0.648. The van der Waals surface area contributed by atoms with E-state index in [1.807, 2.05) is 30.3 Å². The third-order valence-corrected chi connectivity index (χ3v) is 4.34. The molecule has 1 rings (SSSR count). The number of halogens is 2. The number of carbonyl (C=O) groups is 1. The molecule has 0 fully saturated rings. The highest BCUT2D eigenvalue weighted by Crippen LogP contribution is 2.37. The van der Waals surface area contributed by atoms with Crippen molar-refractivity contribution in [2.45, 2.75) is 51.4 Å². The Hall–Kier alpha value is -0.770. The number of unbranched alkanes of at least 4 members (excludes halogenated alkanes) is 2. The number of rotatable bonds is 9. The Kier molecular flexibility index (Phi) is 12.6. The summed E-state index contributed by atoms with van der Waals surface area (Å²) in [5.74, 6) is -0.714. The molecule has 0 radical (unpaired) electrons. The van der Waals surface area contributed by atoms with E-state index in [-0.39, 0.29) is 37.3 Å². The minimum Gasteiger partial charge on any atom is -0.481 e. The maximum absolute atomic E-state index is 12.0. The number of hydrogen-bond acceptors (Lipinski definition) is 2. The van der Waals surface area contributed by atoms with Crippen LogP contribution >= 0.6 is 24.8 Å². The van der Waals surface area contributed by atoms with E-state index in [0.29, 0.717) is 0 Å². The maximum atomic E-state index is 12.0. The lowest BCUT2D eigenvalue weighted by Crippen LogP contribution is -2.49. The van der Waals surface area contributed by atoms with Crippen molar-refractivity contribution in [3.8, 4) is 0 Å². The summed E-state index contributed by atoms with van der Waals surface area (Å²) in [6, 6.07) is 9.47. The second kappa shape index (κ2) is 11.8. The summed E-state index contributed by atoms with van der Waals surface area (Å²) in [7, 11) is 0. The number of aliphatic carboxylic acids is 1. The van der Waals surface area contributed by atoms with Crippen molar-refractivity contribution in [2.75, 3.05) is 6.54 Å². The molecule has 3 N–H and O–H groups in total. The molecule has 3 nitrogen and oxygen atoms in total. The van der Waals surface area contributed by atoms with Crippen LogP contribution in [0.15, 0.2) is 30.3 Å². The van der Waals surface area contributed by atoms with E-state index in [1.165, 1.54) is 0 Å². The predicted octanol–water partition coefficient (Wildman–Crippen LogP) is 4.42. The minimum absolute atomic E-state index is 0. The molecule has 22 heavy (non-hydrogen) atoms. The molecule has 0 spiro atoms. The van der Waals surface area contributed by atoms with E-state index in [0.717, 1.165) is 37.7 Å². The molecular formula is C17H29Cl2NO2. The van der Waals surface area contributed by atoms with Crippen LogP contribution in [-0.2, 0) is 10.2 Å². The molecule has 0 aliphatic carbocycles. The van der Waals surface area contributed by atoms with Gasteiger partial charge in [0, 0.05) is 6.54 Å². The summed E-state index contributed by atoms with van der Waals surface area (Å²) >= 11 is 0. The SMILES string of the molecule is CCCCCC(CC)C(CN)(C(=O)O)c1ccccc1.Cl.Cl. The van der Waals surface area contributed by atoms with Crippen molar-refractivity contribution in [1.82, 2.24) is 0 Å². The van der Waals surface area contributed by atoms with Gasteiger partial charge < -0.3 is 10.8 Å². The van der Waals surface area contributed by atoms with Crippen LogP contribution in [0.4, 0.5) is 0 Å². The number of hydrogen-bond donors (Lipinski definition) is 2. The first kappa shape index (κ1) is 23.5. The van der Waals surface area contributed by atoms with Crippen molar-refractivity contribution < 1.29 is 9.90 Å². The molecule has 0 heterocycles. The van der Waals surface area contributed by atoms with Crippen LogP contribution in [0.2, 0.25) is 0 Å². The highest BCUT2D eigenvalue weighted by molar-refractivity contribution is 5.85. The summed E-state index contributed by atoms with van der Waals surface area (Å²) in [4.78, 5) is 12.0. The van der Waals surface area contributed by atoms with Crippen LogP contribution in [0.25, 0.3) is 0 Å². The molecule has 0 aromatic heterocycles. The Morgan fingerprint density at radius 2 is 1.77 bits per heavy atom. The fraction of sp³-hybridized carbons (Fsp3) is 0.588. The van der Waals surface area contributed by atoms with Crippen LogP contribution < -0.4 is 5.73 Å². The molecule has 0 amide bonds. The zero-order chi connectivity index (χ0) is 15.0. The van der Waals surface area contributed by atoms with Gasteiger partial charge in [-0.15, -0.1) is 24.8 Å². The summed E-state index contributed by atoms with van der Waals surface area (Å²) < 4.78 is 0. The second-order valence-corrected chi connectivity index (χ2v) is 5.45. The standard InChI is InChI=1S/C17H27NO2.2ClH/c1-3-5-7-10-14(4-2)17(13-18,16(19)20)15-11-8-6-9-12-15;;/h6,8-9,11-12,14H,3-5,7,10,13,18H2,1-2H3,(H,19,20);2*1H. The van der Waals surface area contributed by atoms with Gasteiger partial charge in [-0.25, -0.2) is 0 Å². The average Bonchev–Trinajstić information content (AvgIpc) is 2.47. The van der Waals surface area contributed by atoms with Gasteiger partial charge in [-0.2, -0.15) is 0 Å². The lowest BCUT2D eigenvalue weighted by Gasteiger charge is -2.36. The minimum atomic E-state index is -0.955. The molecule has 0 aliphatic rings. The van der Waals surface area contributed by atoms with Gasteiger partial charge in [0.1, 0.15) is 5.41 Å². The van der Waals surface area contributed by atoms with E-state index >= 15 is 0 Å². The van der Waals surface area contributed by atoms with Gasteiger partial charge in [0.2, 0.25) is 0 Å². The normalized spacial score (nSPS) is 14.1. The van der Waals surface area contributed by atoms with E-state index in [9.17, 15) is 9.90 Å². The van der Waals surface area contributed by atoms with E-state index in [1.54, 1.807) is 0 Å². The molecule has 128 valence electrons. The van der Waals surface area contributed by atoms with Gasteiger partial charge >= 0.3 is 5.97 Å². The predicted molar refractivity (Wildman–Crippen MR) is 97.2 cm³/mol. The van der Waals surface area contributed by atoms with Crippen LogP contribution in [0.1, 0.15) is 51.5 Å². The Morgan fingerprint density at radius 3 is 2.18 bits per heavy atom. The Labute approximate surface area is 146 Å². The summed E-state index contributed by atoms with van der Waals surface area (Å²) in [6.45, 7) is 4.37. The third kappa shape index (κ3) is 5.15. The van der Waals surface area contributed by atoms with Crippen molar-refractivity contribution >= 4 is 30.8 Å². The second-order valence-electron chi connectivity index (χ2n) is 5.45. The maximum Gasteiger partial charge on any atom is 0.315 e. The Morgan fingerprint density at radius 1 is 1.18 bits per heavy atom. The molecule has 0 saturated heterocycles. The first-order valence-electron chi connectivity index (χ1n) is 7.62. The number of benzene rings is 1. The molecule has 1 aromatic rings. The number of carboxylic acid groups (broad SMARTS) is 1. The lowest BCUT2D eigenvalue weighted by molar-refractivity contribution is -0.146. The highest BCUT2D eigenvalue weighted by Gasteiger charge is 2.45. The smallest absolute Gasteiger partial charge is 0.315 e. The number of nitrogens with two attached hydrogens (primary N) is 1. The fourth-order valence-corrected chi connectivity index (χ4v) is 3.08. The van der Waals surface area contributed by atoms with Crippen LogP contribution in [0, 0.1) is 5.92 Å². The molecule has 0 saturated carbocycles. The monoisotopic (exact) mass is 349 g/mol. The lowest BCUT2D eigenvalue weighted by atomic mass is 9.67. The topological polar surface area (TPSA) is 63.3 Å². The fourth-order valence-electron chi connectivity index (χ4n) is 3.08. The van der Waals surface area contributed by atoms with Crippen LogP contribution in [0.5, 0.6) is 0 Å². The average molecular weight is 350 g/mol. The third-order valence-electron chi connectivity index (χ3n) is 4.34. The van der Waals surface area contributed by atoms with Crippen LogP contribution in [0.3, 0.4) is 0 Å². The van der Waals surface area contributed by atoms with E-state index < -0.39 is 11.4 Å². The number of carboxylic acids is 1. The Balaban J connectivity index is 0. The first-order chi connectivity index (χ1) is 9.63. The Bertz CT molecular complexity index is 414.